The summed E-state index contributed by atoms with van der Waals surface area (Å²) in [5.41, 5.74) is -0.656. The molecule has 1 heterocycles. The average Bonchev–Trinajstić information content (AvgIpc) is 2.45. The van der Waals surface area contributed by atoms with Crippen LogP contribution in [0.1, 0.15) is 17.0 Å². The van der Waals surface area contributed by atoms with Crippen LogP contribution in [0.2, 0.25) is 0 Å². The number of hydrogen-bond acceptors (Lipinski definition) is 3. The Labute approximate surface area is 120 Å². The lowest BCUT2D eigenvalue weighted by Crippen LogP contribution is -2.40. The van der Waals surface area contributed by atoms with Gasteiger partial charge < -0.3 is 9.84 Å². The molecule has 0 amide bonds. The zero-order valence-corrected chi connectivity index (χ0v) is 11.3. The summed E-state index contributed by atoms with van der Waals surface area (Å²) in [7, 11) is 0. The second-order valence-corrected chi connectivity index (χ2v) is 4.93. The highest BCUT2D eigenvalue weighted by atomic mass is 19.4. The van der Waals surface area contributed by atoms with Crippen LogP contribution >= 0.6 is 0 Å². The van der Waals surface area contributed by atoms with E-state index in [0.717, 1.165) is 12.1 Å². The van der Waals surface area contributed by atoms with Gasteiger partial charge in [-0.2, -0.15) is 13.2 Å². The van der Waals surface area contributed by atoms with Gasteiger partial charge in [0, 0.05) is 19.6 Å². The summed E-state index contributed by atoms with van der Waals surface area (Å²) in [6, 6.07) is 4.53. The molecule has 21 heavy (non-hydrogen) atoms. The summed E-state index contributed by atoms with van der Waals surface area (Å²) in [5.74, 6) is -2.11. The van der Waals surface area contributed by atoms with Gasteiger partial charge in [0.15, 0.2) is 0 Å². The monoisotopic (exact) mass is 303 g/mol. The van der Waals surface area contributed by atoms with E-state index in [1.807, 2.05) is 4.90 Å². The molecular weight excluding hydrogens is 287 g/mol. The summed E-state index contributed by atoms with van der Waals surface area (Å²) in [6.07, 6.45) is -4.47. The SMILES string of the molecule is O=C(O)C(CN1CCOCC1)c1cccc(C(F)(F)F)c1. The highest BCUT2D eigenvalue weighted by Crippen LogP contribution is 2.31. The molecule has 1 atom stereocenters. The first kappa shape index (κ1) is 15.8. The van der Waals surface area contributed by atoms with Crippen LogP contribution in [0, 0.1) is 0 Å². The number of aliphatic carboxylic acids is 1. The number of ether oxygens (including phenoxy) is 1. The highest BCUT2D eigenvalue weighted by Gasteiger charge is 2.32. The Morgan fingerprint density at radius 2 is 2.00 bits per heavy atom. The smallest absolute Gasteiger partial charge is 0.416 e. The van der Waals surface area contributed by atoms with Crippen LogP contribution in [0.25, 0.3) is 0 Å². The maximum Gasteiger partial charge on any atom is 0.416 e. The quantitative estimate of drug-likeness (QED) is 0.926. The molecule has 116 valence electrons. The predicted molar refractivity (Wildman–Crippen MR) is 69.1 cm³/mol. The van der Waals surface area contributed by atoms with Gasteiger partial charge in [-0.05, 0) is 11.6 Å². The number of morpholine rings is 1. The van der Waals surface area contributed by atoms with Gasteiger partial charge in [0.1, 0.15) is 0 Å². The maximum atomic E-state index is 12.7. The number of carboxylic acid groups (broad SMARTS) is 1. The first-order valence-electron chi connectivity index (χ1n) is 6.58. The van der Waals surface area contributed by atoms with Gasteiger partial charge in [-0.1, -0.05) is 18.2 Å². The number of hydrogen-bond donors (Lipinski definition) is 1. The Morgan fingerprint density at radius 1 is 1.33 bits per heavy atom. The van der Waals surface area contributed by atoms with Crippen molar-refractivity contribution < 1.29 is 27.8 Å². The van der Waals surface area contributed by atoms with Crippen molar-refractivity contribution in [2.75, 3.05) is 32.8 Å². The fraction of sp³-hybridized carbons (Fsp3) is 0.500. The van der Waals surface area contributed by atoms with Crippen molar-refractivity contribution in [3.8, 4) is 0 Å². The van der Waals surface area contributed by atoms with Gasteiger partial charge in [-0.25, -0.2) is 0 Å². The molecule has 0 saturated carbocycles. The summed E-state index contributed by atoms with van der Waals surface area (Å²) >= 11 is 0. The third-order valence-electron chi connectivity index (χ3n) is 3.46. The van der Waals surface area contributed by atoms with Gasteiger partial charge in [-0.15, -0.1) is 0 Å². The third-order valence-corrected chi connectivity index (χ3v) is 3.46. The minimum absolute atomic E-state index is 0.170. The molecule has 4 nitrogen and oxygen atoms in total. The number of nitrogens with zero attached hydrogens (tertiary/aromatic N) is 1. The van der Waals surface area contributed by atoms with Crippen LogP contribution in [0.15, 0.2) is 24.3 Å². The largest absolute Gasteiger partial charge is 0.481 e. The van der Waals surface area contributed by atoms with Crippen molar-refractivity contribution in [3.05, 3.63) is 35.4 Å². The molecule has 1 unspecified atom stereocenters. The standard InChI is InChI=1S/C14H16F3NO3/c15-14(16,17)11-3-1-2-10(8-11)12(13(19)20)9-18-4-6-21-7-5-18/h1-3,8,12H,4-7,9H2,(H,19,20). The Balaban J connectivity index is 2.19. The molecule has 0 bridgehead atoms. The molecule has 1 aliphatic heterocycles. The second kappa shape index (κ2) is 6.44. The number of benzene rings is 1. The molecule has 0 spiro atoms. The van der Waals surface area contributed by atoms with E-state index in [-0.39, 0.29) is 12.1 Å². The van der Waals surface area contributed by atoms with Crippen molar-refractivity contribution >= 4 is 5.97 Å². The molecule has 1 N–H and O–H groups in total. The van der Waals surface area contributed by atoms with E-state index in [0.29, 0.717) is 26.3 Å². The topological polar surface area (TPSA) is 49.8 Å². The lowest BCUT2D eigenvalue weighted by Gasteiger charge is -2.29. The average molecular weight is 303 g/mol. The molecule has 1 fully saturated rings. The summed E-state index contributed by atoms with van der Waals surface area (Å²) in [5, 5.41) is 9.31. The number of rotatable bonds is 4. The summed E-state index contributed by atoms with van der Waals surface area (Å²) < 4.78 is 43.3. The van der Waals surface area contributed by atoms with E-state index in [2.05, 4.69) is 0 Å². The number of alkyl halides is 3. The predicted octanol–water partition coefficient (Wildman–Crippen LogP) is 2.21. The fourth-order valence-electron chi connectivity index (χ4n) is 2.30. The Kier molecular flexibility index (Phi) is 4.84. The van der Waals surface area contributed by atoms with E-state index in [4.69, 9.17) is 4.74 Å². The van der Waals surface area contributed by atoms with Crippen molar-refractivity contribution in [1.82, 2.24) is 4.90 Å². The number of carbonyl (C=O) groups is 1. The number of halogens is 3. The van der Waals surface area contributed by atoms with Crippen LogP contribution in [0.5, 0.6) is 0 Å². The minimum Gasteiger partial charge on any atom is -0.481 e. The molecule has 1 aromatic carbocycles. The Hall–Kier alpha value is -1.60. The first-order chi connectivity index (χ1) is 9.88. The van der Waals surface area contributed by atoms with Crippen molar-refractivity contribution in [2.24, 2.45) is 0 Å². The molecule has 0 aliphatic carbocycles. The van der Waals surface area contributed by atoms with E-state index in [1.54, 1.807) is 0 Å². The lowest BCUT2D eigenvalue weighted by atomic mass is 9.96. The van der Waals surface area contributed by atoms with Gasteiger partial charge in [-0.3, -0.25) is 9.69 Å². The van der Waals surface area contributed by atoms with Crippen LogP contribution in [-0.2, 0) is 15.7 Å². The van der Waals surface area contributed by atoms with Gasteiger partial charge in [0.2, 0.25) is 0 Å². The molecular formula is C14H16F3NO3. The zero-order valence-electron chi connectivity index (χ0n) is 11.3. The lowest BCUT2D eigenvalue weighted by molar-refractivity contribution is -0.140. The van der Waals surface area contributed by atoms with E-state index < -0.39 is 23.6 Å². The van der Waals surface area contributed by atoms with Gasteiger partial charge in [0.25, 0.3) is 0 Å². The van der Waals surface area contributed by atoms with Crippen molar-refractivity contribution in [3.63, 3.8) is 0 Å². The molecule has 1 saturated heterocycles. The van der Waals surface area contributed by atoms with Crippen LogP contribution in [0.4, 0.5) is 13.2 Å². The first-order valence-corrected chi connectivity index (χ1v) is 6.58. The normalized spacial score (nSPS) is 18.4. The Morgan fingerprint density at radius 3 is 2.57 bits per heavy atom. The van der Waals surface area contributed by atoms with E-state index >= 15 is 0 Å². The van der Waals surface area contributed by atoms with Crippen LogP contribution < -0.4 is 0 Å². The highest BCUT2D eigenvalue weighted by molar-refractivity contribution is 5.76. The third kappa shape index (κ3) is 4.18. The van der Waals surface area contributed by atoms with Crippen molar-refractivity contribution in [2.45, 2.75) is 12.1 Å². The van der Waals surface area contributed by atoms with Gasteiger partial charge >= 0.3 is 12.1 Å². The van der Waals surface area contributed by atoms with E-state index in [1.165, 1.54) is 12.1 Å². The Bertz CT molecular complexity index is 498. The fourth-order valence-corrected chi connectivity index (χ4v) is 2.30. The number of carboxylic acids is 1. The van der Waals surface area contributed by atoms with Crippen LogP contribution in [-0.4, -0.2) is 48.8 Å². The van der Waals surface area contributed by atoms with Gasteiger partial charge in [0.05, 0.1) is 24.7 Å². The second-order valence-electron chi connectivity index (χ2n) is 4.93. The summed E-state index contributed by atoms with van der Waals surface area (Å²) in [6.45, 7) is 2.37. The van der Waals surface area contributed by atoms with Crippen LogP contribution in [0.3, 0.4) is 0 Å². The summed E-state index contributed by atoms with van der Waals surface area (Å²) in [4.78, 5) is 13.3. The van der Waals surface area contributed by atoms with E-state index in [9.17, 15) is 23.1 Å². The molecule has 1 aliphatic rings. The van der Waals surface area contributed by atoms with Crippen molar-refractivity contribution in [1.29, 1.82) is 0 Å². The zero-order chi connectivity index (χ0) is 15.5. The minimum atomic E-state index is -4.47. The molecule has 0 radical (unpaired) electrons. The molecule has 7 heteroatoms. The molecule has 0 aromatic heterocycles. The molecule has 1 aromatic rings. The molecule has 2 rings (SSSR count). The maximum absolute atomic E-state index is 12.7.